The Hall–Kier alpha value is -1.20. The van der Waals surface area contributed by atoms with Crippen molar-refractivity contribution in [2.75, 3.05) is 25.2 Å². The van der Waals surface area contributed by atoms with Gasteiger partial charge in [-0.3, -0.25) is 0 Å². The van der Waals surface area contributed by atoms with Gasteiger partial charge in [-0.15, -0.1) is 0 Å². The van der Waals surface area contributed by atoms with Gasteiger partial charge in [0.15, 0.2) is 0 Å². The first-order valence-corrected chi connectivity index (χ1v) is 8.84. The van der Waals surface area contributed by atoms with Crippen molar-refractivity contribution in [2.45, 2.75) is 38.2 Å². The van der Waals surface area contributed by atoms with Crippen LogP contribution in [0.25, 0.3) is 0 Å². The molecule has 1 amide bonds. The normalized spacial score (nSPS) is 14.2. The molecule has 0 saturated heterocycles. The summed E-state index contributed by atoms with van der Waals surface area (Å²) in [5.74, 6) is 0.908. The van der Waals surface area contributed by atoms with E-state index in [1.807, 2.05) is 57.4 Å². The standard InChI is InChI=1S/C17H27NO3S/c1-16(2,3)21-15(20)18-12-17(13-19,10-11-22-4)14-8-6-5-7-9-14/h5-9,19H,10-13H2,1-4H3,(H,18,20). The Labute approximate surface area is 137 Å². The van der Waals surface area contributed by atoms with Crippen LogP contribution in [0.15, 0.2) is 30.3 Å². The van der Waals surface area contributed by atoms with Crippen LogP contribution in [0.4, 0.5) is 4.79 Å². The zero-order valence-corrected chi connectivity index (χ0v) is 14.7. The molecule has 4 nitrogen and oxygen atoms in total. The molecule has 1 unspecified atom stereocenters. The predicted octanol–water partition coefficient (Wildman–Crippen LogP) is 3.19. The van der Waals surface area contributed by atoms with Crippen LogP contribution in [0.1, 0.15) is 32.8 Å². The average molecular weight is 325 g/mol. The number of hydrogen-bond acceptors (Lipinski definition) is 4. The van der Waals surface area contributed by atoms with Gasteiger partial charge in [-0.2, -0.15) is 11.8 Å². The van der Waals surface area contributed by atoms with Gasteiger partial charge in [0.1, 0.15) is 5.60 Å². The van der Waals surface area contributed by atoms with E-state index in [4.69, 9.17) is 4.74 Å². The molecular weight excluding hydrogens is 298 g/mol. The summed E-state index contributed by atoms with van der Waals surface area (Å²) in [6.45, 7) is 5.82. The van der Waals surface area contributed by atoms with E-state index < -0.39 is 17.1 Å². The second-order valence-corrected chi connectivity index (χ2v) is 7.39. The third-order valence-electron chi connectivity index (χ3n) is 3.44. The number of ether oxygens (including phenoxy) is 1. The third-order valence-corrected chi connectivity index (χ3v) is 4.06. The first-order chi connectivity index (χ1) is 10.3. The van der Waals surface area contributed by atoms with Gasteiger partial charge in [0.25, 0.3) is 0 Å². The number of aliphatic hydroxyl groups is 1. The molecule has 0 aliphatic carbocycles. The van der Waals surface area contributed by atoms with E-state index in [1.165, 1.54) is 0 Å². The maximum atomic E-state index is 11.9. The molecule has 0 radical (unpaired) electrons. The fourth-order valence-electron chi connectivity index (χ4n) is 2.21. The Kier molecular flexibility index (Phi) is 7.23. The van der Waals surface area contributed by atoms with Crippen molar-refractivity contribution in [1.82, 2.24) is 5.32 Å². The lowest BCUT2D eigenvalue weighted by Crippen LogP contribution is -2.45. The minimum Gasteiger partial charge on any atom is -0.444 e. The molecule has 1 aromatic rings. The first kappa shape index (κ1) is 18.8. The quantitative estimate of drug-likeness (QED) is 0.808. The van der Waals surface area contributed by atoms with Gasteiger partial charge in [0.2, 0.25) is 0 Å². The molecule has 5 heteroatoms. The van der Waals surface area contributed by atoms with E-state index >= 15 is 0 Å². The van der Waals surface area contributed by atoms with E-state index in [0.29, 0.717) is 6.54 Å². The van der Waals surface area contributed by atoms with Crippen molar-refractivity contribution in [2.24, 2.45) is 0 Å². The van der Waals surface area contributed by atoms with E-state index in [-0.39, 0.29) is 6.61 Å². The molecule has 0 spiro atoms. The van der Waals surface area contributed by atoms with Gasteiger partial charge >= 0.3 is 6.09 Å². The lowest BCUT2D eigenvalue weighted by Gasteiger charge is -2.33. The van der Waals surface area contributed by atoms with Gasteiger partial charge in [-0.25, -0.2) is 4.79 Å². The second kappa shape index (κ2) is 8.44. The lowest BCUT2D eigenvalue weighted by molar-refractivity contribution is 0.0502. The number of amides is 1. The maximum Gasteiger partial charge on any atom is 0.407 e. The van der Waals surface area contributed by atoms with E-state index in [2.05, 4.69) is 5.32 Å². The molecule has 0 aliphatic heterocycles. The smallest absolute Gasteiger partial charge is 0.407 e. The molecule has 1 atom stereocenters. The summed E-state index contributed by atoms with van der Waals surface area (Å²) in [7, 11) is 0. The average Bonchev–Trinajstić information content (AvgIpc) is 2.47. The van der Waals surface area contributed by atoms with Gasteiger partial charge in [-0.1, -0.05) is 30.3 Å². The van der Waals surface area contributed by atoms with Crippen LogP contribution >= 0.6 is 11.8 Å². The highest BCUT2D eigenvalue weighted by molar-refractivity contribution is 7.98. The zero-order valence-electron chi connectivity index (χ0n) is 13.9. The van der Waals surface area contributed by atoms with Crippen LogP contribution < -0.4 is 5.32 Å². The van der Waals surface area contributed by atoms with Crippen molar-refractivity contribution in [3.63, 3.8) is 0 Å². The number of rotatable bonds is 7. The van der Waals surface area contributed by atoms with Crippen LogP contribution in [-0.2, 0) is 10.2 Å². The van der Waals surface area contributed by atoms with E-state index in [9.17, 15) is 9.90 Å². The van der Waals surface area contributed by atoms with Crippen molar-refractivity contribution in [3.8, 4) is 0 Å². The first-order valence-electron chi connectivity index (χ1n) is 7.45. The minimum atomic E-state index is -0.530. The van der Waals surface area contributed by atoms with Crippen molar-refractivity contribution in [3.05, 3.63) is 35.9 Å². The molecule has 1 rings (SSSR count). The molecule has 22 heavy (non-hydrogen) atoms. The topological polar surface area (TPSA) is 58.6 Å². The second-order valence-electron chi connectivity index (χ2n) is 6.40. The Morgan fingerprint density at radius 1 is 1.27 bits per heavy atom. The maximum absolute atomic E-state index is 11.9. The van der Waals surface area contributed by atoms with Crippen molar-refractivity contribution in [1.29, 1.82) is 0 Å². The Morgan fingerprint density at radius 2 is 1.91 bits per heavy atom. The number of aliphatic hydroxyl groups excluding tert-OH is 1. The SMILES string of the molecule is CSCCC(CO)(CNC(=O)OC(C)(C)C)c1ccccc1. The molecule has 0 aromatic heterocycles. The van der Waals surface area contributed by atoms with Crippen LogP contribution in [0, 0.1) is 0 Å². The van der Waals surface area contributed by atoms with Gasteiger partial charge in [0, 0.05) is 12.0 Å². The summed E-state index contributed by atoms with van der Waals surface area (Å²) in [5, 5.41) is 12.8. The van der Waals surface area contributed by atoms with Crippen LogP contribution in [0.3, 0.4) is 0 Å². The number of hydrogen-bond donors (Lipinski definition) is 2. The highest BCUT2D eigenvalue weighted by Gasteiger charge is 2.32. The summed E-state index contributed by atoms with van der Waals surface area (Å²) in [6.07, 6.45) is 2.37. The van der Waals surface area contributed by atoms with Gasteiger partial charge < -0.3 is 15.2 Å². The monoisotopic (exact) mass is 325 g/mol. The van der Waals surface area contributed by atoms with Crippen molar-refractivity contribution < 1.29 is 14.6 Å². The highest BCUT2D eigenvalue weighted by Crippen LogP contribution is 2.28. The predicted molar refractivity (Wildman–Crippen MR) is 92.4 cm³/mol. The number of alkyl carbamates (subject to hydrolysis) is 1. The molecule has 1 aromatic carbocycles. The van der Waals surface area contributed by atoms with Gasteiger partial charge in [-0.05, 0) is 44.8 Å². The van der Waals surface area contributed by atoms with Crippen molar-refractivity contribution >= 4 is 17.9 Å². The molecular formula is C17H27NO3S. The molecule has 0 bridgehead atoms. The molecule has 0 fully saturated rings. The van der Waals surface area contributed by atoms with Crippen LogP contribution in [-0.4, -0.2) is 42.0 Å². The van der Waals surface area contributed by atoms with Crippen LogP contribution in [0.2, 0.25) is 0 Å². The minimum absolute atomic E-state index is 0.0205. The summed E-state index contributed by atoms with van der Waals surface area (Å²) in [6, 6.07) is 9.83. The number of carbonyl (C=O) groups is 1. The third kappa shape index (κ3) is 5.89. The molecule has 0 saturated carbocycles. The number of carbonyl (C=O) groups excluding carboxylic acids is 1. The number of benzene rings is 1. The molecule has 2 N–H and O–H groups in total. The number of thioether (sulfide) groups is 1. The highest BCUT2D eigenvalue weighted by atomic mass is 32.2. The number of nitrogens with one attached hydrogen (secondary N) is 1. The van der Waals surface area contributed by atoms with E-state index in [1.54, 1.807) is 11.8 Å². The molecule has 0 aliphatic rings. The fourth-order valence-corrected chi connectivity index (χ4v) is 2.80. The van der Waals surface area contributed by atoms with Crippen LogP contribution in [0.5, 0.6) is 0 Å². The molecule has 124 valence electrons. The zero-order chi connectivity index (χ0) is 16.6. The van der Waals surface area contributed by atoms with E-state index in [0.717, 1.165) is 17.7 Å². The molecule has 0 heterocycles. The Bertz CT molecular complexity index is 459. The summed E-state index contributed by atoms with van der Waals surface area (Å²) in [5.41, 5.74) is 0.0155. The fraction of sp³-hybridized carbons (Fsp3) is 0.588. The summed E-state index contributed by atoms with van der Waals surface area (Å²) >= 11 is 1.73. The Balaban J connectivity index is 2.84. The van der Waals surface area contributed by atoms with Gasteiger partial charge in [0.05, 0.1) is 6.61 Å². The summed E-state index contributed by atoms with van der Waals surface area (Å²) < 4.78 is 5.28. The lowest BCUT2D eigenvalue weighted by atomic mass is 9.78. The Morgan fingerprint density at radius 3 is 2.41 bits per heavy atom. The largest absolute Gasteiger partial charge is 0.444 e. The summed E-state index contributed by atoms with van der Waals surface area (Å²) in [4.78, 5) is 11.9.